The molecule has 1 saturated heterocycles. The Bertz CT molecular complexity index is 710. The summed E-state index contributed by atoms with van der Waals surface area (Å²) in [6, 6.07) is 5.34. The molecule has 0 aromatic heterocycles. The summed E-state index contributed by atoms with van der Waals surface area (Å²) in [5.74, 6) is 0.722. The lowest BCUT2D eigenvalue weighted by molar-refractivity contribution is -0.173. The summed E-state index contributed by atoms with van der Waals surface area (Å²) in [5.41, 5.74) is 2.67. The van der Waals surface area contributed by atoms with Crippen molar-refractivity contribution in [3.63, 3.8) is 0 Å². The summed E-state index contributed by atoms with van der Waals surface area (Å²) in [7, 11) is 0. The molecule has 1 amide bonds. The highest BCUT2D eigenvalue weighted by molar-refractivity contribution is 5.96. The Morgan fingerprint density at radius 3 is 2.67 bits per heavy atom. The summed E-state index contributed by atoms with van der Waals surface area (Å²) in [5, 5.41) is 16.6. The lowest BCUT2D eigenvalue weighted by atomic mass is 9.86. The van der Waals surface area contributed by atoms with Crippen LogP contribution < -0.4 is 10.2 Å². The van der Waals surface area contributed by atoms with Crippen molar-refractivity contribution in [2.75, 3.05) is 19.8 Å². The van der Waals surface area contributed by atoms with Gasteiger partial charge in [-0.3, -0.25) is 20.9 Å². The molecule has 1 aromatic carbocycles. The molecule has 7 heteroatoms. The van der Waals surface area contributed by atoms with Crippen molar-refractivity contribution >= 4 is 11.7 Å². The standard InChI is InChI=1S/C17H21N3O4/c1-16(8-23-9-16)15(21)20-7-12-3-2-11(14(18)19-22)6-13(12)24-10-17(20)4-5-17/h2-3,6,22H,4-5,7-10H2,1H3,(H2,18,19). The fourth-order valence-electron chi connectivity index (χ4n) is 3.37. The molecule has 4 rings (SSSR count). The number of nitrogens with zero attached hydrogens (tertiary/aromatic N) is 1. The van der Waals surface area contributed by atoms with E-state index in [0.29, 0.717) is 37.7 Å². The number of ether oxygens (including phenoxy) is 2. The van der Waals surface area contributed by atoms with E-state index in [0.717, 1.165) is 18.4 Å². The van der Waals surface area contributed by atoms with Crippen LogP contribution in [0, 0.1) is 10.8 Å². The zero-order valence-electron chi connectivity index (χ0n) is 13.6. The van der Waals surface area contributed by atoms with Gasteiger partial charge in [-0.15, -0.1) is 0 Å². The lowest BCUT2D eigenvalue weighted by Crippen LogP contribution is -2.57. The molecule has 24 heavy (non-hydrogen) atoms. The van der Waals surface area contributed by atoms with Crippen LogP contribution in [0.5, 0.6) is 5.75 Å². The summed E-state index contributed by atoms with van der Waals surface area (Å²) in [4.78, 5) is 15.0. The molecule has 0 unspecified atom stereocenters. The van der Waals surface area contributed by atoms with Gasteiger partial charge >= 0.3 is 0 Å². The average molecular weight is 331 g/mol. The Hall–Kier alpha value is -2.12. The zero-order valence-corrected chi connectivity index (χ0v) is 13.6. The van der Waals surface area contributed by atoms with Crippen molar-refractivity contribution in [2.24, 2.45) is 5.41 Å². The van der Waals surface area contributed by atoms with E-state index in [2.05, 4.69) is 0 Å². The molecule has 0 bridgehead atoms. The number of nitrogens with one attached hydrogen (secondary N) is 2. The summed E-state index contributed by atoms with van der Waals surface area (Å²) in [6.07, 6.45) is 1.90. The van der Waals surface area contributed by atoms with Crippen LogP contribution in [0.1, 0.15) is 30.9 Å². The monoisotopic (exact) mass is 331 g/mol. The van der Waals surface area contributed by atoms with Crippen LogP contribution >= 0.6 is 0 Å². The maximum Gasteiger partial charge on any atom is 0.234 e. The minimum absolute atomic E-state index is 0.0844. The van der Waals surface area contributed by atoms with Gasteiger partial charge in [0, 0.05) is 11.1 Å². The Morgan fingerprint density at radius 1 is 1.33 bits per heavy atom. The average Bonchev–Trinajstić information content (AvgIpc) is 3.37. The first-order valence-corrected chi connectivity index (χ1v) is 8.12. The molecule has 0 radical (unpaired) electrons. The maximum absolute atomic E-state index is 13.1. The summed E-state index contributed by atoms with van der Waals surface area (Å²) in [6.45, 7) is 3.88. The van der Waals surface area contributed by atoms with Crippen LogP contribution in [-0.4, -0.2) is 47.2 Å². The molecule has 1 spiro atoms. The van der Waals surface area contributed by atoms with Gasteiger partial charge in [0.2, 0.25) is 5.91 Å². The van der Waals surface area contributed by atoms with Crippen LogP contribution in [0.15, 0.2) is 18.2 Å². The Balaban J connectivity index is 1.65. The molecule has 2 heterocycles. The second-order valence-electron chi connectivity index (χ2n) is 7.27. The van der Waals surface area contributed by atoms with Gasteiger partial charge in [-0.25, -0.2) is 0 Å². The number of benzene rings is 1. The molecular weight excluding hydrogens is 310 g/mol. The van der Waals surface area contributed by atoms with Crippen molar-refractivity contribution in [1.82, 2.24) is 10.4 Å². The second kappa shape index (κ2) is 5.19. The third kappa shape index (κ3) is 2.27. The largest absolute Gasteiger partial charge is 0.491 e. The van der Waals surface area contributed by atoms with Crippen LogP contribution in [0.25, 0.3) is 0 Å². The molecule has 0 atom stereocenters. The number of rotatable bonds is 2. The molecular formula is C17H21N3O4. The van der Waals surface area contributed by atoms with Crippen molar-refractivity contribution in [2.45, 2.75) is 31.8 Å². The fourth-order valence-corrected chi connectivity index (χ4v) is 3.37. The highest BCUT2D eigenvalue weighted by Crippen LogP contribution is 2.48. The smallest absolute Gasteiger partial charge is 0.234 e. The van der Waals surface area contributed by atoms with Gasteiger partial charge in [0.05, 0.1) is 30.7 Å². The number of carbonyl (C=O) groups excluding carboxylic acids is 1. The van der Waals surface area contributed by atoms with Crippen molar-refractivity contribution in [3.8, 4) is 5.75 Å². The molecule has 1 aromatic rings. The van der Waals surface area contributed by atoms with Crippen molar-refractivity contribution in [3.05, 3.63) is 29.3 Å². The molecule has 3 aliphatic rings. The van der Waals surface area contributed by atoms with E-state index >= 15 is 0 Å². The minimum atomic E-state index is -0.428. The molecule has 1 saturated carbocycles. The van der Waals surface area contributed by atoms with E-state index in [9.17, 15) is 4.79 Å². The van der Waals surface area contributed by atoms with Gasteiger partial charge in [-0.2, -0.15) is 0 Å². The second-order valence-corrected chi connectivity index (χ2v) is 7.27. The minimum Gasteiger partial charge on any atom is -0.491 e. The fraction of sp³-hybridized carbons (Fsp3) is 0.529. The first kappa shape index (κ1) is 15.4. The van der Waals surface area contributed by atoms with E-state index in [1.54, 1.807) is 12.1 Å². The Labute approximate surface area is 140 Å². The van der Waals surface area contributed by atoms with E-state index in [1.165, 1.54) is 0 Å². The topological polar surface area (TPSA) is 94.9 Å². The number of amidine groups is 1. The first-order chi connectivity index (χ1) is 11.5. The number of hydrogen-bond donors (Lipinski definition) is 3. The van der Waals surface area contributed by atoms with Gasteiger partial charge in [0.25, 0.3) is 0 Å². The maximum atomic E-state index is 13.1. The van der Waals surface area contributed by atoms with Gasteiger partial charge in [-0.1, -0.05) is 12.1 Å². The summed E-state index contributed by atoms with van der Waals surface area (Å²) < 4.78 is 11.2. The number of fused-ring (bicyclic) bond motifs is 1. The molecule has 2 fully saturated rings. The van der Waals surface area contributed by atoms with Crippen molar-refractivity contribution < 1.29 is 19.5 Å². The number of hydroxylamine groups is 1. The quantitative estimate of drug-likeness (QED) is 0.431. The lowest BCUT2D eigenvalue weighted by Gasteiger charge is -2.42. The molecule has 7 nitrogen and oxygen atoms in total. The van der Waals surface area contributed by atoms with Crippen LogP contribution in [0.4, 0.5) is 0 Å². The molecule has 3 N–H and O–H groups in total. The van der Waals surface area contributed by atoms with E-state index in [-0.39, 0.29) is 17.3 Å². The number of amides is 1. The predicted octanol–water partition coefficient (Wildman–Crippen LogP) is 1.28. The van der Waals surface area contributed by atoms with Gasteiger partial charge in [-0.05, 0) is 25.8 Å². The highest BCUT2D eigenvalue weighted by atomic mass is 16.5. The number of hydrogen-bond acceptors (Lipinski definition) is 5. The molecule has 128 valence electrons. The van der Waals surface area contributed by atoms with Gasteiger partial charge in [0.15, 0.2) is 0 Å². The van der Waals surface area contributed by atoms with E-state index in [1.807, 2.05) is 23.4 Å². The summed E-state index contributed by atoms with van der Waals surface area (Å²) >= 11 is 0. The third-order valence-electron chi connectivity index (χ3n) is 5.29. The van der Waals surface area contributed by atoms with Crippen LogP contribution in [0.3, 0.4) is 0 Å². The van der Waals surface area contributed by atoms with Crippen molar-refractivity contribution in [1.29, 1.82) is 5.41 Å². The highest BCUT2D eigenvalue weighted by Gasteiger charge is 2.56. The van der Waals surface area contributed by atoms with Crippen LogP contribution in [0.2, 0.25) is 0 Å². The normalized spacial score (nSPS) is 22.7. The van der Waals surface area contributed by atoms with Gasteiger partial charge < -0.3 is 14.4 Å². The zero-order chi connectivity index (χ0) is 16.9. The molecule has 1 aliphatic carbocycles. The predicted molar refractivity (Wildman–Crippen MR) is 85.1 cm³/mol. The van der Waals surface area contributed by atoms with E-state index < -0.39 is 5.41 Å². The SMILES string of the molecule is CC1(C(=O)N2Cc3ccc(C(=N)NO)cc3OCC23CC3)COC1. The molecule has 2 aliphatic heterocycles. The van der Waals surface area contributed by atoms with Gasteiger partial charge in [0.1, 0.15) is 18.2 Å². The Morgan fingerprint density at radius 2 is 2.08 bits per heavy atom. The van der Waals surface area contributed by atoms with E-state index in [4.69, 9.17) is 20.1 Å². The third-order valence-corrected chi connectivity index (χ3v) is 5.29. The first-order valence-electron chi connectivity index (χ1n) is 8.12. The Kier molecular flexibility index (Phi) is 3.33. The number of carbonyl (C=O) groups is 1. The van der Waals surface area contributed by atoms with Crippen LogP contribution in [-0.2, 0) is 16.1 Å².